The predicted molar refractivity (Wildman–Crippen MR) is 47.2 cm³/mol. The highest BCUT2D eigenvalue weighted by Crippen LogP contribution is 2.11. The molecule has 1 rings (SSSR count). The molecular weight excluding hydrogens is 171 g/mol. The molecule has 0 aliphatic heterocycles. The third kappa shape index (κ3) is 3.69. The van der Waals surface area contributed by atoms with Crippen LogP contribution < -0.4 is 4.74 Å². The number of ether oxygens (including phenoxy) is 1. The summed E-state index contributed by atoms with van der Waals surface area (Å²) in [7, 11) is 0. The number of rotatable bonds is 5. The lowest BCUT2D eigenvalue weighted by Crippen LogP contribution is -1.97. The van der Waals surface area contributed by atoms with Crippen LogP contribution in [0, 0.1) is 5.82 Å². The summed E-state index contributed by atoms with van der Waals surface area (Å²) < 4.78 is 17.7. The van der Waals surface area contributed by atoms with Gasteiger partial charge in [0.25, 0.3) is 0 Å². The van der Waals surface area contributed by atoms with Gasteiger partial charge in [0.05, 0.1) is 6.61 Å². The summed E-state index contributed by atoms with van der Waals surface area (Å²) in [6.45, 7) is 0.490. The number of aldehydes is 1. The SMILES string of the molecule is O=CCCCOc1ccc(F)cc1. The largest absolute Gasteiger partial charge is 0.494 e. The zero-order valence-electron chi connectivity index (χ0n) is 7.20. The summed E-state index contributed by atoms with van der Waals surface area (Å²) >= 11 is 0. The van der Waals surface area contributed by atoms with Gasteiger partial charge in [0.1, 0.15) is 17.9 Å². The molecule has 1 aromatic rings. The quantitative estimate of drug-likeness (QED) is 0.515. The zero-order chi connectivity index (χ0) is 9.52. The first-order valence-electron chi connectivity index (χ1n) is 4.15. The first kappa shape index (κ1) is 9.71. The van der Waals surface area contributed by atoms with Gasteiger partial charge < -0.3 is 9.53 Å². The van der Waals surface area contributed by atoms with Crippen molar-refractivity contribution in [2.24, 2.45) is 0 Å². The van der Waals surface area contributed by atoms with Crippen molar-refractivity contribution in [1.82, 2.24) is 0 Å². The van der Waals surface area contributed by atoms with Gasteiger partial charge in [-0.25, -0.2) is 4.39 Å². The van der Waals surface area contributed by atoms with Gasteiger partial charge in [-0.3, -0.25) is 0 Å². The Morgan fingerprint density at radius 1 is 1.31 bits per heavy atom. The van der Waals surface area contributed by atoms with Gasteiger partial charge in [-0.15, -0.1) is 0 Å². The highest BCUT2D eigenvalue weighted by atomic mass is 19.1. The van der Waals surface area contributed by atoms with E-state index in [-0.39, 0.29) is 5.82 Å². The van der Waals surface area contributed by atoms with E-state index in [4.69, 9.17) is 4.74 Å². The van der Waals surface area contributed by atoms with E-state index in [1.807, 2.05) is 0 Å². The van der Waals surface area contributed by atoms with Gasteiger partial charge in [0.15, 0.2) is 0 Å². The molecule has 0 saturated heterocycles. The second kappa shape index (κ2) is 5.30. The molecule has 2 nitrogen and oxygen atoms in total. The van der Waals surface area contributed by atoms with Crippen LogP contribution in [-0.4, -0.2) is 12.9 Å². The van der Waals surface area contributed by atoms with Gasteiger partial charge in [-0.1, -0.05) is 0 Å². The number of carbonyl (C=O) groups excluding carboxylic acids is 1. The molecule has 0 fully saturated rings. The molecule has 0 spiro atoms. The van der Waals surface area contributed by atoms with Gasteiger partial charge in [0, 0.05) is 6.42 Å². The van der Waals surface area contributed by atoms with Crippen molar-refractivity contribution in [2.75, 3.05) is 6.61 Å². The highest BCUT2D eigenvalue weighted by molar-refractivity contribution is 5.48. The molecule has 0 amide bonds. The Morgan fingerprint density at radius 2 is 2.00 bits per heavy atom. The average Bonchev–Trinajstić information content (AvgIpc) is 2.15. The minimum atomic E-state index is -0.278. The van der Waals surface area contributed by atoms with E-state index in [0.717, 1.165) is 6.29 Å². The number of carbonyl (C=O) groups is 1. The van der Waals surface area contributed by atoms with Crippen LogP contribution in [0.1, 0.15) is 12.8 Å². The van der Waals surface area contributed by atoms with Crippen molar-refractivity contribution in [3.05, 3.63) is 30.1 Å². The maximum atomic E-state index is 12.4. The van der Waals surface area contributed by atoms with E-state index >= 15 is 0 Å². The van der Waals surface area contributed by atoms with Crippen molar-refractivity contribution < 1.29 is 13.9 Å². The zero-order valence-corrected chi connectivity index (χ0v) is 7.20. The monoisotopic (exact) mass is 182 g/mol. The Bertz CT molecular complexity index is 256. The number of hydrogen-bond donors (Lipinski definition) is 0. The number of benzene rings is 1. The molecule has 0 bridgehead atoms. The molecule has 70 valence electrons. The molecule has 0 aromatic heterocycles. The fourth-order valence-corrected chi connectivity index (χ4v) is 0.888. The van der Waals surface area contributed by atoms with E-state index in [2.05, 4.69) is 0 Å². The molecule has 0 N–H and O–H groups in total. The highest BCUT2D eigenvalue weighted by Gasteiger charge is 1.93. The van der Waals surface area contributed by atoms with Crippen molar-refractivity contribution >= 4 is 6.29 Å². The molecule has 3 heteroatoms. The second-order valence-electron chi connectivity index (χ2n) is 2.61. The van der Waals surface area contributed by atoms with Crippen molar-refractivity contribution in [3.63, 3.8) is 0 Å². The number of unbranched alkanes of at least 4 members (excludes halogenated alkanes) is 1. The molecule has 0 atom stereocenters. The lowest BCUT2D eigenvalue weighted by molar-refractivity contribution is -0.108. The van der Waals surface area contributed by atoms with Crippen molar-refractivity contribution in [3.8, 4) is 5.75 Å². The smallest absolute Gasteiger partial charge is 0.123 e. The van der Waals surface area contributed by atoms with Crippen molar-refractivity contribution in [1.29, 1.82) is 0 Å². The Hall–Kier alpha value is -1.38. The first-order valence-corrected chi connectivity index (χ1v) is 4.15. The summed E-state index contributed by atoms with van der Waals surface area (Å²) in [6.07, 6.45) is 2.05. The van der Waals surface area contributed by atoms with Crippen LogP contribution in [0.3, 0.4) is 0 Å². The maximum absolute atomic E-state index is 12.4. The second-order valence-corrected chi connectivity index (χ2v) is 2.61. The summed E-state index contributed by atoms with van der Waals surface area (Å²) in [5.41, 5.74) is 0. The fourth-order valence-electron chi connectivity index (χ4n) is 0.888. The Morgan fingerprint density at radius 3 is 2.62 bits per heavy atom. The molecule has 1 aromatic carbocycles. The van der Waals surface area contributed by atoms with Crippen LogP contribution in [0.2, 0.25) is 0 Å². The maximum Gasteiger partial charge on any atom is 0.123 e. The van der Waals surface area contributed by atoms with Gasteiger partial charge in [0.2, 0.25) is 0 Å². The topological polar surface area (TPSA) is 26.3 Å². The Kier molecular flexibility index (Phi) is 3.96. The van der Waals surface area contributed by atoms with Gasteiger partial charge in [-0.05, 0) is 30.7 Å². The molecule has 0 heterocycles. The van der Waals surface area contributed by atoms with E-state index in [9.17, 15) is 9.18 Å². The lowest BCUT2D eigenvalue weighted by Gasteiger charge is -2.03. The minimum Gasteiger partial charge on any atom is -0.494 e. The van der Waals surface area contributed by atoms with E-state index < -0.39 is 0 Å². The third-order valence-corrected chi connectivity index (χ3v) is 1.55. The Labute approximate surface area is 76.3 Å². The summed E-state index contributed by atoms with van der Waals surface area (Å²) in [6, 6.07) is 5.82. The molecule has 0 radical (unpaired) electrons. The van der Waals surface area contributed by atoms with Crippen molar-refractivity contribution in [2.45, 2.75) is 12.8 Å². The molecule has 0 saturated carbocycles. The lowest BCUT2D eigenvalue weighted by atomic mass is 10.3. The van der Waals surface area contributed by atoms with Gasteiger partial charge >= 0.3 is 0 Å². The van der Waals surface area contributed by atoms with Crippen LogP contribution in [0.15, 0.2) is 24.3 Å². The normalized spacial score (nSPS) is 9.62. The number of hydrogen-bond acceptors (Lipinski definition) is 2. The van der Waals surface area contributed by atoms with E-state index in [1.165, 1.54) is 12.1 Å². The predicted octanol–water partition coefficient (Wildman–Crippen LogP) is 2.18. The van der Waals surface area contributed by atoms with E-state index in [1.54, 1.807) is 12.1 Å². The summed E-state index contributed by atoms with van der Waals surface area (Å²) in [4.78, 5) is 9.96. The molecule has 0 aliphatic carbocycles. The third-order valence-electron chi connectivity index (χ3n) is 1.55. The Balaban J connectivity index is 2.28. The van der Waals surface area contributed by atoms with Gasteiger partial charge in [-0.2, -0.15) is 0 Å². The van der Waals surface area contributed by atoms with Crippen LogP contribution in [0.25, 0.3) is 0 Å². The van der Waals surface area contributed by atoms with Crippen LogP contribution in [-0.2, 0) is 4.79 Å². The van der Waals surface area contributed by atoms with E-state index in [0.29, 0.717) is 25.2 Å². The minimum absolute atomic E-state index is 0.278. The summed E-state index contributed by atoms with van der Waals surface area (Å²) in [5, 5.41) is 0. The van der Waals surface area contributed by atoms with Crippen LogP contribution in [0.5, 0.6) is 5.75 Å². The summed E-state index contributed by atoms with van der Waals surface area (Å²) in [5.74, 6) is 0.354. The molecule has 13 heavy (non-hydrogen) atoms. The van der Waals surface area contributed by atoms with Crippen LogP contribution in [0.4, 0.5) is 4.39 Å². The molecule has 0 aliphatic rings. The van der Waals surface area contributed by atoms with Crippen LogP contribution >= 0.6 is 0 Å². The number of halogens is 1. The molecule has 0 unspecified atom stereocenters. The fraction of sp³-hybridized carbons (Fsp3) is 0.300. The average molecular weight is 182 g/mol. The first-order chi connectivity index (χ1) is 6.33. The standard InChI is InChI=1S/C10H11FO2/c11-9-3-5-10(6-4-9)13-8-2-1-7-12/h3-7H,1-2,8H2. The molecular formula is C10H11FO2.